The molecular formula is C13H22N4O. The highest BCUT2D eigenvalue weighted by molar-refractivity contribution is 5.08. The van der Waals surface area contributed by atoms with Gasteiger partial charge in [0.2, 0.25) is 0 Å². The van der Waals surface area contributed by atoms with Crippen LogP contribution in [0, 0.1) is 0 Å². The van der Waals surface area contributed by atoms with Gasteiger partial charge in [-0.1, -0.05) is 0 Å². The maximum Gasteiger partial charge on any atom is 0.137 e. The molecule has 0 saturated carbocycles. The Balaban J connectivity index is 1.90. The maximum atomic E-state index is 9.54. The van der Waals surface area contributed by atoms with Gasteiger partial charge in [0.25, 0.3) is 0 Å². The molecule has 0 aromatic carbocycles. The first kappa shape index (κ1) is 12.1. The minimum absolute atomic E-state index is 0.200. The number of aryl methyl sites for hydroxylation is 1. The van der Waals surface area contributed by atoms with Crippen molar-refractivity contribution in [3.63, 3.8) is 0 Å². The van der Waals surface area contributed by atoms with E-state index in [1.807, 2.05) is 0 Å². The first-order valence-corrected chi connectivity index (χ1v) is 7.02. The monoisotopic (exact) mass is 250 g/mol. The Kier molecular flexibility index (Phi) is 3.35. The summed E-state index contributed by atoms with van der Waals surface area (Å²) >= 11 is 0. The lowest BCUT2D eigenvalue weighted by atomic mass is 9.96. The Morgan fingerprint density at radius 2 is 2.17 bits per heavy atom. The Bertz CT molecular complexity index is 417. The van der Waals surface area contributed by atoms with Crippen LogP contribution in [0.3, 0.4) is 0 Å². The van der Waals surface area contributed by atoms with Crippen molar-refractivity contribution in [1.29, 1.82) is 0 Å². The molecule has 1 fully saturated rings. The summed E-state index contributed by atoms with van der Waals surface area (Å²) in [6, 6.07) is 0.200. The van der Waals surface area contributed by atoms with Gasteiger partial charge in [0, 0.05) is 18.9 Å². The molecule has 1 aromatic heterocycles. The van der Waals surface area contributed by atoms with E-state index in [1.165, 1.54) is 19.4 Å². The zero-order valence-corrected chi connectivity index (χ0v) is 11.0. The molecule has 1 saturated heterocycles. The van der Waals surface area contributed by atoms with E-state index >= 15 is 0 Å². The van der Waals surface area contributed by atoms with Crippen LogP contribution in [-0.4, -0.2) is 51.5 Å². The number of aliphatic hydroxyl groups excluding tert-OH is 1. The molecule has 3 heterocycles. The minimum Gasteiger partial charge on any atom is -0.394 e. The molecule has 3 rings (SSSR count). The lowest BCUT2D eigenvalue weighted by Gasteiger charge is -2.32. The second-order valence-corrected chi connectivity index (χ2v) is 5.67. The van der Waals surface area contributed by atoms with Gasteiger partial charge in [-0.15, -0.1) is 10.2 Å². The summed E-state index contributed by atoms with van der Waals surface area (Å²) in [6.07, 6.45) is 5.60. The summed E-state index contributed by atoms with van der Waals surface area (Å²) in [5.41, 5.74) is 0. The highest BCUT2D eigenvalue weighted by Crippen LogP contribution is 2.31. The minimum atomic E-state index is 0.200. The van der Waals surface area contributed by atoms with E-state index in [0.29, 0.717) is 5.92 Å². The molecule has 0 amide bonds. The van der Waals surface area contributed by atoms with Crippen LogP contribution in [0.2, 0.25) is 0 Å². The number of fused-ring (bicyclic) bond motifs is 1. The third kappa shape index (κ3) is 2.06. The van der Waals surface area contributed by atoms with Gasteiger partial charge in [0.05, 0.1) is 12.6 Å². The molecule has 2 aliphatic heterocycles. The van der Waals surface area contributed by atoms with E-state index in [2.05, 4.69) is 26.7 Å². The number of piperidine rings is 1. The fraction of sp³-hybridized carbons (Fsp3) is 0.846. The van der Waals surface area contributed by atoms with Crippen LogP contribution in [0.5, 0.6) is 0 Å². The van der Waals surface area contributed by atoms with E-state index in [9.17, 15) is 5.11 Å². The number of likely N-dealkylation sites (N-methyl/N-ethyl adjacent to an activating group) is 1. The highest BCUT2D eigenvalue weighted by Gasteiger charge is 2.30. The number of rotatable bonds is 2. The molecule has 5 nitrogen and oxygen atoms in total. The summed E-state index contributed by atoms with van der Waals surface area (Å²) in [5.74, 6) is 2.66. The predicted octanol–water partition coefficient (Wildman–Crippen LogP) is 0.957. The van der Waals surface area contributed by atoms with Gasteiger partial charge in [-0.2, -0.15) is 0 Å². The van der Waals surface area contributed by atoms with Crippen molar-refractivity contribution in [2.75, 3.05) is 26.7 Å². The quantitative estimate of drug-likeness (QED) is 0.849. The molecule has 5 heteroatoms. The van der Waals surface area contributed by atoms with Crippen LogP contribution in [0.1, 0.15) is 49.3 Å². The van der Waals surface area contributed by atoms with Crippen LogP contribution in [0.15, 0.2) is 0 Å². The van der Waals surface area contributed by atoms with E-state index < -0.39 is 0 Å². The first-order chi connectivity index (χ1) is 8.79. The van der Waals surface area contributed by atoms with Gasteiger partial charge in [0.1, 0.15) is 11.6 Å². The largest absolute Gasteiger partial charge is 0.394 e. The third-order valence-corrected chi connectivity index (χ3v) is 4.30. The summed E-state index contributed by atoms with van der Waals surface area (Å²) in [4.78, 5) is 2.37. The van der Waals surface area contributed by atoms with Crippen LogP contribution in [0.25, 0.3) is 0 Å². The van der Waals surface area contributed by atoms with Gasteiger partial charge in [-0.3, -0.25) is 0 Å². The Morgan fingerprint density at radius 1 is 1.28 bits per heavy atom. The normalized spacial score (nSPS) is 29.2. The summed E-state index contributed by atoms with van der Waals surface area (Å²) in [7, 11) is 2.17. The summed E-state index contributed by atoms with van der Waals surface area (Å²) in [6.45, 7) is 2.46. The maximum absolute atomic E-state index is 9.54. The Morgan fingerprint density at radius 3 is 2.94 bits per heavy atom. The van der Waals surface area contributed by atoms with Gasteiger partial charge >= 0.3 is 0 Å². The van der Waals surface area contributed by atoms with Crippen LogP contribution < -0.4 is 0 Å². The molecular weight excluding hydrogens is 228 g/mol. The highest BCUT2D eigenvalue weighted by atomic mass is 16.3. The third-order valence-electron chi connectivity index (χ3n) is 4.30. The van der Waals surface area contributed by atoms with Crippen molar-refractivity contribution in [3.8, 4) is 0 Å². The Labute approximate surface area is 108 Å². The number of hydrogen-bond donors (Lipinski definition) is 1. The average molecular weight is 250 g/mol. The second-order valence-electron chi connectivity index (χ2n) is 5.67. The van der Waals surface area contributed by atoms with Gasteiger partial charge in [-0.05, 0) is 39.3 Å². The standard InChI is InChI=1S/C13H22N4O/c1-16-7-3-4-10(8-16)13-15-14-12-6-2-5-11(9-18)17(12)13/h10-11,18H,2-9H2,1H3. The number of hydrogen-bond acceptors (Lipinski definition) is 4. The first-order valence-electron chi connectivity index (χ1n) is 7.02. The van der Waals surface area contributed by atoms with E-state index in [-0.39, 0.29) is 12.6 Å². The topological polar surface area (TPSA) is 54.2 Å². The van der Waals surface area contributed by atoms with Gasteiger partial charge in [-0.25, -0.2) is 0 Å². The molecule has 2 unspecified atom stereocenters. The molecule has 18 heavy (non-hydrogen) atoms. The lowest BCUT2D eigenvalue weighted by molar-refractivity contribution is 0.193. The molecule has 100 valence electrons. The van der Waals surface area contributed by atoms with Crippen molar-refractivity contribution < 1.29 is 5.11 Å². The van der Waals surface area contributed by atoms with Crippen LogP contribution in [0.4, 0.5) is 0 Å². The zero-order chi connectivity index (χ0) is 12.5. The van der Waals surface area contributed by atoms with Crippen molar-refractivity contribution in [2.45, 2.75) is 44.1 Å². The van der Waals surface area contributed by atoms with Crippen LogP contribution >= 0.6 is 0 Å². The van der Waals surface area contributed by atoms with Gasteiger partial charge < -0.3 is 14.6 Å². The predicted molar refractivity (Wildman–Crippen MR) is 68.6 cm³/mol. The van der Waals surface area contributed by atoms with Crippen molar-refractivity contribution >= 4 is 0 Å². The molecule has 0 aliphatic carbocycles. The van der Waals surface area contributed by atoms with E-state index in [1.54, 1.807) is 0 Å². The fourth-order valence-corrected chi connectivity index (χ4v) is 3.36. The lowest BCUT2D eigenvalue weighted by Crippen LogP contribution is -2.33. The average Bonchev–Trinajstić information content (AvgIpc) is 2.82. The van der Waals surface area contributed by atoms with E-state index in [0.717, 1.165) is 37.5 Å². The molecule has 1 aromatic rings. The van der Waals surface area contributed by atoms with Crippen LogP contribution in [-0.2, 0) is 6.42 Å². The number of nitrogens with zero attached hydrogens (tertiary/aromatic N) is 4. The Hall–Kier alpha value is -0.940. The number of aromatic nitrogens is 3. The van der Waals surface area contributed by atoms with Crippen molar-refractivity contribution in [2.24, 2.45) is 0 Å². The van der Waals surface area contributed by atoms with Gasteiger partial charge in [0.15, 0.2) is 0 Å². The molecule has 2 aliphatic rings. The summed E-state index contributed by atoms with van der Waals surface area (Å²) < 4.78 is 2.23. The molecule has 1 N–H and O–H groups in total. The SMILES string of the molecule is CN1CCCC(c2nnc3n2C(CO)CCC3)C1. The molecule has 2 atom stereocenters. The number of likely N-dealkylation sites (tertiary alicyclic amines) is 1. The number of aliphatic hydroxyl groups is 1. The second kappa shape index (κ2) is 4.97. The summed E-state index contributed by atoms with van der Waals surface area (Å²) in [5, 5.41) is 18.3. The molecule has 0 bridgehead atoms. The van der Waals surface area contributed by atoms with E-state index in [4.69, 9.17) is 0 Å². The van der Waals surface area contributed by atoms with Crippen molar-refractivity contribution in [3.05, 3.63) is 11.6 Å². The molecule has 0 spiro atoms. The smallest absolute Gasteiger partial charge is 0.137 e. The zero-order valence-electron chi connectivity index (χ0n) is 11.0. The van der Waals surface area contributed by atoms with Crippen molar-refractivity contribution in [1.82, 2.24) is 19.7 Å². The molecule has 0 radical (unpaired) electrons. The fourth-order valence-electron chi connectivity index (χ4n) is 3.36.